The van der Waals surface area contributed by atoms with Gasteiger partial charge in [-0.1, -0.05) is 17.7 Å². The van der Waals surface area contributed by atoms with Crippen LogP contribution in [0.3, 0.4) is 0 Å². The van der Waals surface area contributed by atoms with Crippen LogP contribution in [0.15, 0.2) is 24.4 Å². The molecule has 20 heavy (non-hydrogen) atoms. The zero-order valence-electron chi connectivity index (χ0n) is 12.2. The molecule has 2 heterocycles. The molecule has 106 valence electrons. The molecular formula is C16H22N4. The number of aryl methyl sites for hydroxylation is 1. The Bertz CT molecular complexity index is 615. The van der Waals surface area contributed by atoms with Crippen molar-refractivity contribution in [2.24, 2.45) is 5.73 Å². The SMILES string of the molecule is CNc1cnc(N2CCC(N)CC2)c2ccc(C)cc12. The van der Waals surface area contributed by atoms with E-state index in [2.05, 4.69) is 40.3 Å². The minimum absolute atomic E-state index is 0.344. The van der Waals surface area contributed by atoms with E-state index in [0.29, 0.717) is 6.04 Å². The number of nitrogens with zero attached hydrogens (tertiary/aromatic N) is 2. The summed E-state index contributed by atoms with van der Waals surface area (Å²) in [6.07, 6.45) is 4.03. The Labute approximate surface area is 120 Å². The van der Waals surface area contributed by atoms with Crippen molar-refractivity contribution in [3.8, 4) is 0 Å². The number of aromatic nitrogens is 1. The van der Waals surface area contributed by atoms with Crippen molar-refractivity contribution in [3.63, 3.8) is 0 Å². The second-order valence-corrected chi connectivity index (χ2v) is 5.62. The first-order chi connectivity index (χ1) is 9.69. The van der Waals surface area contributed by atoms with E-state index in [0.717, 1.165) is 37.4 Å². The average Bonchev–Trinajstić information content (AvgIpc) is 2.47. The number of anilines is 2. The van der Waals surface area contributed by atoms with Gasteiger partial charge in [-0.3, -0.25) is 0 Å². The molecule has 0 saturated carbocycles. The van der Waals surface area contributed by atoms with E-state index in [-0.39, 0.29) is 0 Å². The molecule has 0 atom stereocenters. The third-order valence-electron chi connectivity index (χ3n) is 4.13. The summed E-state index contributed by atoms with van der Waals surface area (Å²) in [6.45, 7) is 4.12. The van der Waals surface area contributed by atoms with Crippen LogP contribution in [0.25, 0.3) is 10.8 Å². The quantitative estimate of drug-likeness (QED) is 0.880. The van der Waals surface area contributed by atoms with Gasteiger partial charge in [-0.05, 0) is 25.8 Å². The summed E-state index contributed by atoms with van der Waals surface area (Å²) in [4.78, 5) is 7.04. The maximum Gasteiger partial charge on any atom is 0.136 e. The summed E-state index contributed by atoms with van der Waals surface area (Å²) >= 11 is 0. The van der Waals surface area contributed by atoms with Gasteiger partial charge in [0, 0.05) is 37.0 Å². The van der Waals surface area contributed by atoms with Gasteiger partial charge in [-0.15, -0.1) is 0 Å². The molecule has 0 unspecified atom stereocenters. The molecule has 1 saturated heterocycles. The van der Waals surface area contributed by atoms with E-state index >= 15 is 0 Å². The molecule has 0 bridgehead atoms. The molecule has 1 fully saturated rings. The van der Waals surface area contributed by atoms with Crippen LogP contribution in [-0.2, 0) is 0 Å². The summed E-state index contributed by atoms with van der Waals surface area (Å²) in [5, 5.41) is 5.70. The van der Waals surface area contributed by atoms with E-state index < -0.39 is 0 Å². The van der Waals surface area contributed by atoms with Crippen LogP contribution >= 0.6 is 0 Å². The molecule has 3 rings (SSSR count). The van der Waals surface area contributed by atoms with Crippen LogP contribution in [0.5, 0.6) is 0 Å². The molecule has 1 aromatic carbocycles. The van der Waals surface area contributed by atoms with Crippen molar-refractivity contribution in [1.82, 2.24) is 4.98 Å². The lowest BCUT2D eigenvalue weighted by Gasteiger charge is -2.32. The van der Waals surface area contributed by atoms with Crippen molar-refractivity contribution in [2.75, 3.05) is 30.4 Å². The number of fused-ring (bicyclic) bond motifs is 1. The number of pyridine rings is 1. The Morgan fingerprint density at radius 1 is 1.25 bits per heavy atom. The fourth-order valence-electron chi connectivity index (χ4n) is 2.90. The maximum atomic E-state index is 6.00. The van der Waals surface area contributed by atoms with E-state index in [9.17, 15) is 0 Å². The molecule has 0 amide bonds. The van der Waals surface area contributed by atoms with Gasteiger partial charge in [0.1, 0.15) is 5.82 Å². The first-order valence-electron chi connectivity index (χ1n) is 7.26. The largest absolute Gasteiger partial charge is 0.386 e. The lowest BCUT2D eigenvalue weighted by molar-refractivity contribution is 0.499. The van der Waals surface area contributed by atoms with Gasteiger partial charge in [0.05, 0.1) is 11.9 Å². The third kappa shape index (κ3) is 2.31. The van der Waals surface area contributed by atoms with E-state index in [4.69, 9.17) is 5.73 Å². The molecule has 2 aromatic rings. The molecule has 0 radical (unpaired) electrons. The van der Waals surface area contributed by atoms with Crippen LogP contribution in [0.1, 0.15) is 18.4 Å². The van der Waals surface area contributed by atoms with Crippen LogP contribution in [0.4, 0.5) is 11.5 Å². The topological polar surface area (TPSA) is 54.2 Å². The molecule has 4 heteroatoms. The smallest absolute Gasteiger partial charge is 0.136 e. The summed E-state index contributed by atoms with van der Waals surface area (Å²) < 4.78 is 0. The van der Waals surface area contributed by atoms with Crippen molar-refractivity contribution in [2.45, 2.75) is 25.8 Å². The molecule has 0 aliphatic carbocycles. The van der Waals surface area contributed by atoms with Crippen LogP contribution < -0.4 is 16.0 Å². The number of hydrogen-bond acceptors (Lipinski definition) is 4. The van der Waals surface area contributed by atoms with Crippen LogP contribution in [-0.4, -0.2) is 31.2 Å². The maximum absolute atomic E-state index is 6.00. The molecule has 1 aliphatic heterocycles. The summed E-state index contributed by atoms with van der Waals surface area (Å²) in [6, 6.07) is 6.91. The zero-order valence-corrected chi connectivity index (χ0v) is 12.2. The fourth-order valence-corrected chi connectivity index (χ4v) is 2.90. The summed E-state index contributed by atoms with van der Waals surface area (Å²) in [5.74, 6) is 1.09. The number of piperidine rings is 1. The summed E-state index contributed by atoms with van der Waals surface area (Å²) in [7, 11) is 1.94. The van der Waals surface area contributed by atoms with Crippen LogP contribution in [0.2, 0.25) is 0 Å². The highest BCUT2D eigenvalue weighted by molar-refractivity contribution is 6.00. The molecule has 4 nitrogen and oxygen atoms in total. The molecule has 3 N–H and O–H groups in total. The van der Waals surface area contributed by atoms with Gasteiger partial charge in [0.25, 0.3) is 0 Å². The number of hydrogen-bond donors (Lipinski definition) is 2. The highest BCUT2D eigenvalue weighted by Gasteiger charge is 2.19. The summed E-state index contributed by atoms with van der Waals surface area (Å²) in [5.41, 5.74) is 8.35. The molecule has 0 spiro atoms. The predicted molar refractivity (Wildman–Crippen MR) is 85.4 cm³/mol. The van der Waals surface area contributed by atoms with Gasteiger partial charge in [-0.2, -0.15) is 0 Å². The Kier molecular flexibility index (Phi) is 3.49. The lowest BCUT2D eigenvalue weighted by Crippen LogP contribution is -2.40. The lowest BCUT2D eigenvalue weighted by atomic mass is 10.0. The second-order valence-electron chi connectivity index (χ2n) is 5.62. The first kappa shape index (κ1) is 13.2. The Morgan fingerprint density at radius 3 is 2.70 bits per heavy atom. The van der Waals surface area contributed by atoms with Gasteiger partial charge in [0.2, 0.25) is 0 Å². The van der Waals surface area contributed by atoms with E-state index in [1.807, 2.05) is 13.2 Å². The molecule has 1 aromatic heterocycles. The standard InChI is InChI=1S/C16H22N4/c1-11-3-4-13-14(9-11)15(18-2)10-19-16(13)20-7-5-12(17)6-8-20/h3-4,9-10,12,18H,5-8,17H2,1-2H3. The van der Waals surface area contributed by atoms with Crippen molar-refractivity contribution >= 4 is 22.3 Å². The van der Waals surface area contributed by atoms with E-state index in [1.54, 1.807) is 0 Å². The van der Waals surface area contributed by atoms with Gasteiger partial charge in [-0.25, -0.2) is 4.98 Å². The molecule has 1 aliphatic rings. The Balaban J connectivity index is 2.07. The number of benzene rings is 1. The minimum Gasteiger partial charge on any atom is -0.386 e. The average molecular weight is 270 g/mol. The van der Waals surface area contributed by atoms with E-state index in [1.165, 1.54) is 16.3 Å². The zero-order chi connectivity index (χ0) is 14.1. The highest BCUT2D eigenvalue weighted by Crippen LogP contribution is 2.31. The molecular weight excluding hydrogens is 248 g/mol. The minimum atomic E-state index is 0.344. The van der Waals surface area contributed by atoms with Crippen molar-refractivity contribution < 1.29 is 0 Å². The number of nitrogens with one attached hydrogen (secondary N) is 1. The van der Waals surface area contributed by atoms with Crippen LogP contribution in [0, 0.1) is 6.92 Å². The second kappa shape index (κ2) is 5.29. The van der Waals surface area contributed by atoms with Gasteiger partial charge in [0.15, 0.2) is 0 Å². The fraction of sp³-hybridized carbons (Fsp3) is 0.438. The van der Waals surface area contributed by atoms with Gasteiger partial charge >= 0.3 is 0 Å². The first-order valence-corrected chi connectivity index (χ1v) is 7.26. The highest BCUT2D eigenvalue weighted by atomic mass is 15.2. The third-order valence-corrected chi connectivity index (χ3v) is 4.13. The normalized spacial score (nSPS) is 16.6. The van der Waals surface area contributed by atoms with Gasteiger partial charge < -0.3 is 16.0 Å². The predicted octanol–water partition coefficient (Wildman–Crippen LogP) is 2.51. The number of rotatable bonds is 2. The Morgan fingerprint density at radius 2 is 2.00 bits per heavy atom. The van der Waals surface area contributed by atoms with Crippen molar-refractivity contribution in [1.29, 1.82) is 0 Å². The van der Waals surface area contributed by atoms with Crippen molar-refractivity contribution in [3.05, 3.63) is 30.0 Å². The Hall–Kier alpha value is -1.81. The number of nitrogens with two attached hydrogens (primary N) is 1. The monoisotopic (exact) mass is 270 g/mol.